The Labute approximate surface area is 164 Å². The van der Waals surface area contributed by atoms with E-state index in [2.05, 4.69) is 0 Å². The fourth-order valence-electron chi connectivity index (χ4n) is 4.24. The number of ether oxygens (including phenoxy) is 4. The summed E-state index contributed by atoms with van der Waals surface area (Å²) in [5.41, 5.74) is 5.79. The Balaban J connectivity index is 1.60. The van der Waals surface area contributed by atoms with Crippen molar-refractivity contribution in [3.63, 3.8) is 0 Å². The minimum absolute atomic E-state index is 0.0821. The SMILES string of the molecule is CC=CC=CC=CC12OCCC3OCC(OC(=O)c4ccccc4N)(CO1)C32. The zero-order valence-electron chi connectivity index (χ0n) is 15.9. The molecule has 148 valence electrons. The first kappa shape index (κ1) is 18.9. The molecule has 0 aromatic heterocycles. The summed E-state index contributed by atoms with van der Waals surface area (Å²) < 4.78 is 24.1. The smallest absolute Gasteiger partial charge is 0.340 e. The summed E-state index contributed by atoms with van der Waals surface area (Å²) >= 11 is 0. The molecule has 4 unspecified atom stereocenters. The second kappa shape index (κ2) is 7.54. The molecule has 28 heavy (non-hydrogen) atoms. The average Bonchev–Trinajstić information content (AvgIpc) is 3.22. The molecule has 4 rings (SSSR count). The van der Waals surface area contributed by atoms with Crippen LogP contribution in [0.15, 0.2) is 60.7 Å². The summed E-state index contributed by atoms with van der Waals surface area (Å²) in [5.74, 6) is -1.65. The predicted octanol–water partition coefficient (Wildman–Crippen LogP) is 3.01. The van der Waals surface area contributed by atoms with Crippen molar-refractivity contribution < 1.29 is 23.7 Å². The van der Waals surface area contributed by atoms with Gasteiger partial charge in [-0.25, -0.2) is 4.79 Å². The number of allylic oxidation sites excluding steroid dienone is 5. The molecule has 4 atom stereocenters. The highest BCUT2D eigenvalue weighted by Gasteiger charge is 2.69. The van der Waals surface area contributed by atoms with Crippen LogP contribution in [0.25, 0.3) is 0 Å². The van der Waals surface area contributed by atoms with Gasteiger partial charge < -0.3 is 24.7 Å². The normalized spacial score (nSPS) is 34.5. The summed E-state index contributed by atoms with van der Waals surface area (Å²) in [4.78, 5) is 12.8. The number of carbonyl (C=O) groups excluding carboxylic acids is 1. The lowest BCUT2D eigenvalue weighted by Crippen LogP contribution is -2.52. The van der Waals surface area contributed by atoms with Crippen LogP contribution in [0.3, 0.4) is 0 Å². The third-order valence-electron chi connectivity index (χ3n) is 5.52. The fourth-order valence-corrected chi connectivity index (χ4v) is 4.24. The lowest BCUT2D eigenvalue weighted by Gasteiger charge is -2.39. The molecule has 3 fully saturated rings. The van der Waals surface area contributed by atoms with E-state index in [0.717, 1.165) is 6.42 Å². The van der Waals surface area contributed by atoms with Crippen molar-refractivity contribution in [1.29, 1.82) is 0 Å². The van der Waals surface area contributed by atoms with Crippen LogP contribution in [0.4, 0.5) is 5.69 Å². The molecule has 3 aliphatic heterocycles. The predicted molar refractivity (Wildman–Crippen MR) is 105 cm³/mol. The van der Waals surface area contributed by atoms with Gasteiger partial charge in [0.15, 0.2) is 11.4 Å². The number of esters is 1. The van der Waals surface area contributed by atoms with Gasteiger partial charge in [0, 0.05) is 5.69 Å². The number of para-hydroxylation sites is 1. The van der Waals surface area contributed by atoms with E-state index in [1.54, 1.807) is 24.3 Å². The quantitative estimate of drug-likeness (QED) is 0.478. The van der Waals surface area contributed by atoms with Gasteiger partial charge in [-0.15, -0.1) is 0 Å². The van der Waals surface area contributed by atoms with Crippen LogP contribution in [-0.2, 0) is 18.9 Å². The van der Waals surface area contributed by atoms with E-state index in [0.29, 0.717) is 17.9 Å². The second-order valence-corrected chi connectivity index (χ2v) is 7.29. The Morgan fingerprint density at radius 3 is 2.82 bits per heavy atom. The second-order valence-electron chi connectivity index (χ2n) is 7.29. The van der Waals surface area contributed by atoms with E-state index < -0.39 is 17.4 Å². The molecule has 6 heteroatoms. The highest BCUT2D eigenvalue weighted by atomic mass is 16.7. The molecule has 3 aliphatic rings. The van der Waals surface area contributed by atoms with Crippen LogP contribution in [0, 0.1) is 5.92 Å². The molecular weight excluding hydrogens is 358 g/mol. The zero-order valence-corrected chi connectivity index (χ0v) is 15.9. The van der Waals surface area contributed by atoms with E-state index in [4.69, 9.17) is 24.7 Å². The van der Waals surface area contributed by atoms with Crippen molar-refractivity contribution in [2.75, 3.05) is 25.6 Å². The Morgan fingerprint density at radius 2 is 2.00 bits per heavy atom. The molecule has 1 aromatic rings. The van der Waals surface area contributed by atoms with Crippen molar-refractivity contribution in [3.05, 3.63) is 66.3 Å². The summed E-state index contributed by atoms with van der Waals surface area (Å²) in [5, 5.41) is 0. The van der Waals surface area contributed by atoms with Gasteiger partial charge in [-0.2, -0.15) is 0 Å². The Kier molecular flexibility index (Phi) is 5.10. The van der Waals surface area contributed by atoms with Gasteiger partial charge in [0.05, 0.1) is 37.4 Å². The highest BCUT2D eigenvalue weighted by Crippen LogP contribution is 2.53. The molecule has 3 heterocycles. The van der Waals surface area contributed by atoms with Crippen LogP contribution in [-0.4, -0.2) is 43.3 Å². The number of hydrogen-bond donors (Lipinski definition) is 1. The minimum atomic E-state index is -0.956. The maximum Gasteiger partial charge on any atom is 0.340 e. The van der Waals surface area contributed by atoms with Gasteiger partial charge in [-0.05, 0) is 31.6 Å². The number of carbonyl (C=O) groups is 1. The Morgan fingerprint density at radius 1 is 1.18 bits per heavy atom. The number of hydrogen-bond acceptors (Lipinski definition) is 6. The van der Waals surface area contributed by atoms with E-state index in [1.807, 2.05) is 43.4 Å². The molecule has 6 nitrogen and oxygen atoms in total. The van der Waals surface area contributed by atoms with Crippen LogP contribution in [0.2, 0.25) is 0 Å². The molecule has 2 N–H and O–H groups in total. The van der Waals surface area contributed by atoms with Gasteiger partial charge in [0.1, 0.15) is 0 Å². The minimum Gasteiger partial charge on any atom is -0.450 e. The van der Waals surface area contributed by atoms with E-state index in [9.17, 15) is 4.79 Å². The van der Waals surface area contributed by atoms with Crippen molar-refractivity contribution >= 4 is 11.7 Å². The monoisotopic (exact) mass is 383 g/mol. The maximum absolute atomic E-state index is 12.8. The Bertz CT molecular complexity index is 832. The number of nitrogen functional groups attached to an aromatic ring is 1. The van der Waals surface area contributed by atoms with Crippen molar-refractivity contribution in [1.82, 2.24) is 0 Å². The van der Waals surface area contributed by atoms with Crippen molar-refractivity contribution in [3.8, 4) is 0 Å². The molecule has 0 aliphatic carbocycles. The fraction of sp³-hybridized carbons (Fsp3) is 0.409. The van der Waals surface area contributed by atoms with Crippen LogP contribution in [0.5, 0.6) is 0 Å². The first-order chi connectivity index (χ1) is 13.6. The highest BCUT2D eigenvalue weighted by molar-refractivity contribution is 5.95. The number of rotatable bonds is 5. The average molecular weight is 383 g/mol. The van der Waals surface area contributed by atoms with Crippen LogP contribution >= 0.6 is 0 Å². The number of nitrogens with two attached hydrogens (primary N) is 1. The standard InChI is InChI=1S/C22H25NO5/c1-2-3-4-5-8-12-22-19-18(11-13-26-22)25-14-21(19,15-27-22)28-20(24)16-9-6-7-10-17(16)23/h2-10,12,18-19H,11,13-15,23H2,1H3. The third kappa shape index (κ3) is 3.17. The molecule has 0 radical (unpaired) electrons. The summed E-state index contributed by atoms with van der Waals surface area (Å²) in [6.45, 7) is 2.99. The van der Waals surface area contributed by atoms with Crippen LogP contribution in [0.1, 0.15) is 23.7 Å². The van der Waals surface area contributed by atoms with E-state index in [-0.39, 0.29) is 25.2 Å². The van der Waals surface area contributed by atoms with Gasteiger partial charge in [-0.3, -0.25) is 0 Å². The summed E-state index contributed by atoms with van der Waals surface area (Å²) in [7, 11) is 0. The lowest BCUT2D eigenvalue weighted by atomic mass is 9.80. The number of anilines is 1. The van der Waals surface area contributed by atoms with E-state index in [1.165, 1.54) is 0 Å². The number of benzene rings is 1. The summed E-state index contributed by atoms with van der Waals surface area (Å²) in [6, 6.07) is 6.89. The lowest BCUT2D eigenvalue weighted by molar-refractivity contribution is -0.236. The van der Waals surface area contributed by atoms with Gasteiger partial charge in [-0.1, -0.05) is 42.5 Å². The first-order valence-electron chi connectivity index (χ1n) is 9.55. The summed E-state index contributed by atoms with van der Waals surface area (Å²) in [6.07, 6.45) is 12.2. The van der Waals surface area contributed by atoms with Crippen molar-refractivity contribution in [2.45, 2.75) is 30.8 Å². The first-order valence-corrected chi connectivity index (χ1v) is 9.55. The van der Waals surface area contributed by atoms with Gasteiger partial charge in [0.25, 0.3) is 0 Å². The molecule has 0 bridgehead atoms. The molecule has 0 saturated carbocycles. The Hall–Kier alpha value is -2.41. The van der Waals surface area contributed by atoms with E-state index >= 15 is 0 Å². The molecule has 3 saturated heterocycles. The third-order valence-corrected chi connectivity index (χ3v) is 5.52. The molecule has 0 spiro atoms. The largest absolute Gasteiger partial charge is 0.450 e. The van der Waals surface area contributed by atoms with Gasteiger partial charge >= 0.3 is 5.97 Å². The molecule has 0 amide bonds. The zero-order chi connectivity index (χ0) is 19.6. The molecule has 1 aromatic carbocycles. The topological polar surface area (TPSA) is 80.0 Å². The van der Waals surface area contributed by atoms with Crippen molar-refractivity contribution in [2.24, 2.45) is 5.92 Å². The molecular formula is C22H25NO5. The maximum atomic E-state index is 12.8. The van der Waals surface area contributed by atoms with Crippen LogP contribution < -0.4 is 5.73 Å². The van der Waals surface area contributed by atoms with Gasteiger partial charge in [0.2, 0.25) is 0 Å².